The first-order valence-corrected chi connectivity index (χ1v) is 11.4. The van der Waals surface area contributed by atoms with E-state index in [1.807, 2.05) is 31.2 Å². The van der Waals surface area contributed by atoms with E-state index < -0.39 is 0 Å². The molecule has 0 bridgehead atoms. The van der Waals surface area contributed by atoms with E-state index in [1.54, 1.807) is 0 Å². The highest BCUT2D eigenvalue weighted by atomic mass is 79.9. The van der Waals surface area contributed by atoms with Gasteiger partial charge in [0, 0.05) is 27.2 Å². The van der Waals surface area contributed by atoms with Crippen molar-refractivity contribution in [1.29, 1.82) is 0 Å². The van der Waals surface area contributed by atoms with E-state index in [1.165, 1.54) is 11.1 Å². The van der Waals surface area contributed by atoms with E-state index >= 15 is 0 Å². The lowest BCUT2D eigenvalue weighted by atomic mass is 9.93. The molecule has 1 aliphatic heterocycles. The maximum atomic E-state index is 6.62. The first-order valence-electron chi connectivity index (χ1n) is 10.2. The monoisotopic (exact) mass is 482 g/mol. The fourth-order valence-electron chi connectivity index (χ4n) is 3.87. The highest BCUT2D eigenvalue weighted by Crippen LogP contribution is 2.35. The molecule has 3 aromatic carbocycles. The SMILES string of the molecule is CCOc1ccccc1-c1ccc(Br)cc1CCc1c(Cl)cccc1C1=NCCN1. The molecule has 154 valence electrons. The predicted molar refractivity (Wildman–Crippen MR) is 129 cm³/mol. The Kier molecular flexibility index (Phi) is 6.76. The second-order valence-electron chi connectivity index (χ2n) is 7.15. The molecule has 1 heterocycles. The smallest absolute Gasteiger partial charge is 0.128 e. The van der Waals surface area contributed by atoms with Gasteiger partial charge in [-0.1, -0.05) is 63.9 Å². The van der Waals surface area contributed by atoms with Crippen molar-refractivity contribution < 1.29 is 4.74 Å². The molecule has 1 aliphatic rings. The topological polar surface area (TPSA) is 33.6 Å². The Hall–Kier alpha value is -2.30. The van der Waals surface area contributed by atoms with Crippen LogP contribution in [0.2, 0.25) is 5.02 Å². The van der Waals surface area contributed by atoms with Crippen molar-refractivity contribution >= 4 is 33.4 Å². The molecule has 0 saturated carbocycles. The normalized spacial score (nSPS) is 13.1. The Bertz CT molecular complexity index is 1080. The Morgan fingerprint density at radius 3 is 2.63 bits per heavy atom. The van der Waals surface area contributed by atoms with Crippen molar-refractivity contribution in [2.45, 2.75) is 19.8 Å². The molecule has 0 spiro atoms. The van der Waals surface area contributed by atoms with E-state index in [9.17, 15) is 0 Å². The summed E-state index contributed by atoms with van der Waals surface area (Å²) in [6.45, 7) is 4.34. The fraction of sp³-hybridized carbons (Fsp3) is 0.240. The molecule has 0 saturated heterocycles. The van der Waals surface area contributed by atoms with Gasteiger partial charge in [0.15, 0.2) is 0 Å². The highest BCUT2D eigenvalue weighted by Gasteiger charge is 2.17. The Balaban J connectivity index is 1.69. The van der Waals surface area contributed by atoms with Crippen LogP contribution in [0, 0.1) is 0 Å². The minimum Gasteiger partial charge on any atom is -0.493 e. The lowest BCUT2D eigenvalue weighted by Crippen LogP contribution is -2.21. The molecule has 0 aliphatic carbocycles. The minimum atomic E-state index is 0.640. The summed E-state index contributed by atoms with van der Waals surface area (Å²) in [7, 11) is 0. The summed E-state index contributed by atoms with van der Waals surface area (Å²) in [6, 6.07) is 20.7. The number of hydrogen-bond donors (Lipinski definition) is 1. The van der Waals surface area contributed by atoms with Gasteiger partial charge >= 0.3 is 0 Å². The molecule has 30 heavy (non-hydrogen) atoms. The van der Waals surface area contributed by atoms with Crippen LogP contribution in [0.15, 0.2) is 70.1 Å². The molecule has 0 atom stereocenters. The molecule has 0 fully saturated rings. The lowest BCUT2D eigenvalue weighted by Gasteiger charge is -2.16. The number of amidine groups is 1. The van der Waals surface area contributed by atoms with Crippen LogP contribution in [0.4, 0.5) is 0 Å². The number of aliphatic imine (C=N–C) groups is 1. The van der Waals surface area contributed by atoms with E-state index in [0.717, 1.165) is 63.7 Å². The van der Waals surface area contributed by atoms with Gasteiger partial charge in [-0.25, -0.2) is 0 Å². The van der Waals surface area contributed by atoms with E-state index in [2.05, 4.69) is 62.6 Å². The van der Waals surface area contributed by atoms with Crippen molar-refractivity contribution in [2.75, 3.05) is 19.7 Å². The molecule has 0 radical (unpaired) electrons. The number of nitrogens with zero attached hydrogens (tertiary/aromatic N) is 1. The Labute approximate surface area is 191 Å². The second-order valence-corrected chi connectivity index (χ2v) is 8.48. The number of para-hydroxylation sites is 1. The van der Waals surface area contributed by atoms with Gasteiger partial charge in [-0.3, -0.25) is 4.99 Å². The van der Waals surface area contributed by atoms with Gasteiger partial charge in [0.2, 0.25) is 0 Å². The number of hydrogen-bond acceptors (Lipinski definition) is 3. The minimum absolute atomic E-state index is 0.640. The summed E-state index contributed by atoms with van der Waals surface area (Å²) in [5.41, 5.74) is 5.79. The summed E-state index contributed by atoms with van der Waals surface area (Å²) in [5, 5.41) is 4.16. The standard InChI is InChI=1S/C25H24BrClN2O/c1-2-30-24-9-4-3-6-21(24)19-13-11-18(26)16-17(19)10-12-20-22(7-5-8-23(20)27)25-28-14-15-29-25/h3-9,11,13,16H,2,10,12,14-15H2,1H3,(H,28,29). The van der Waals surface area contributed by atoms with Gasteiger partial charge in [0.05, 0.1) is 13.2 Å². The van der Waals surface area contributed by atoms with Crippen LogP contribution in [0.3, 0.4) is 0 Å². The van der Waals surface area contributed by atoms with E-state index in [0.29, 0.717) is 6.61 Å². The van der Waals surface area contributed by atoms with Crippen LogP contribution in [-0.2, 0) is 12.8 Å². The Morgan fingerprint density at radius 1 is 1.00 bits per heavy atom. The zero-order valence-electron chi connectivity index (χ0n) is 16.9. The van der Waals surface area contributed by atoms with Gasteiger partial charge in [-0.05, 0) is 60.7 Å². The third-order valence-electron chi connectivity index (χ3n) is 5.24. The van der Waals surface area contributed by atoms with Crippen LogP contribution in [0.25, 0.3) is 11.1 Å². The number of nitrogens with one attached hydrogen (secondary N) is 1. The van der Waals surface area contributed by atoms with Crippen LogP contribution < -0.4 is 10.1 Å². The molecule has 3 aromatic rings. The molecule has 0 unspecified atom stereocenters. The van der Waals surface area contributed by atoms with Crippen molar-refractivity contribution in [3.8, 4) is 16.9 Å². The van der Waals surface area contributed by atoms with Crippen LogP contribution in [0.1, 0.15) is 23.6 Å². The zero-order chi connectivity index (χ0) is 20.9. The predicted octanol–water partition coefficient (Wildman–Crippen LogP) is 6.30. The van der Waals surface area contributed by atoms with Gasteiger partial charge < -0.3 is 10.1 Å². The number of ether oxygens (including phenoxy) is 1. The average molecular weight is 484 g/mol. The van der Waals surface area contributed by atoms with Crippen molar-refractivity contribution in [3.63, 3.8) is 0 Å². The summed E-state index contributed by atoms with van der Waals surface area (Å²) >= 11 is 10.3. The van der Waals surface area contributed by atoms with Crippen molar-refractivity contribution in [2.24, 2.45) is 4.99 Å². The number of aryl methyl sites for hydroxylation is 1. The largest absolute Gasteiger partial charge is 0.493 e. The van der Waals surface area contributed by atoms with Crippen LogP contribution in [0.5, 0.6) is 5.75 Å². The summed E-state index contributed by atoms with van der Waals surface area (Å²) < 4.78 is 6.95. The van der Waals surface area contributed by atoms with Gasteiger partial charge in [-0.15, -0.1) is 0 Å². The van der Waals surface area contributed by atoms with Crippen molar-refractivity contribution in [3.05, 3.63) is 86.8 Å². The molecule has 3 nitrogen and oxygen atoms in total. The maximum absolute atomic E-state index is 6.62. The molecular weight excluding hydrogens is 460 g/mol. The first kappa shape index (κ1) is 21.0. The first-order chi connectivity index (χ1) is 14.7. The summed E-state index contributed by atoms with van der Waals surface area (Å²) in [5.74, 6) is 1.86. The van der Waals surface area contributed by atoms with Crippen LogP contribution in [-0.4, -0.2) is 25.5 Å². The number of rotatable bonds is 7. The molecular formula is C25H24BrClN2O. The third-order valence-corrected chi connectivity index (χ3v) is 6.08. The fourth-order valence-corrected chi connectivity index (χ4v) is 4.55. The molecule has 4 rings (SSSR count). The van der Waals surface area contributed by atoms with E-state index in [4.69, 9.17) is 16.3 Å². The summed E-state index contributed by atoms with van der Waals surface area (Å²) in [6.07, 6.45) is 1.69. The molecule has 1 N–H and O–H groups in total. The quantitative estimate of drug-likeness (QED) is 0.427. The van der Waals surface area contributed by atoms with Gasteiger partial charge in [0.1, 0.15) is 11.6 Å². The summed E-state index contributed by atoms with van der Waals surface area (Å²) in [4.78, 5) is 4.60. The lowest BCUT2D eigenvalue weighted by molar-refractivity contribution is 0.341. The van der Waals surface area contributed by atoms with Crippen molar-refractivity contribution in [1.82, 2.24) is 5.32 Å². The molecule has 5 heteroatoms. The zero-order valence-corrected chi connectivity index (χ0v) is 19.3. The highest BCUT2D eigenvalue weighted by molar-refractivity contribution is 9.10. The maximum Gasteiger partial charge on any atom is 0.128 e. The Morgan fingerprint density at radius 2 is 1.83 bits per heavy atom. The third kappa shape index (κ3) is 4.55. The van der Waals surface area contributed by atoms with Gasteiger partial charge in [0.25, 0.3) is 0 Å². The van der Waals surface area contributed by atoms with E-state index in [-0.39, 0.29) is 0 Å². The second kappa shape index (κ2) is 9.67. The number of halogens is 2. The van der Waals surface area contributed by atoms with Crippen LogP contribution >= 0.6 is 27.5 Å². The molecule has 0 amide bonds. The van der Waals surface area contributed by atoms with Gasteiger partial charge in [-0.2, -0.15) is 0 Å². The molecule has 0 aromatic heterocycles. The number of benzene rings is 3. The average Bonchev–Trinajstić information content (AvgIpc) is 3.28.